The first-order chi connectivity index (χ1) is 15.3. The van der Waals surface area contributed by atoms with Crippen LogP contribution in [0, 0.1) is 12.8 Å². The van der Waals surface area contributed by atoms with Crippen molar-refractivity contribution < 1.29 is 19.1 Å². The number of benzene rings is 2. The summed E-state index contributed by atoms with van der Waals surface area (Å²) in [5.74, 6) is 1.10. The Kier molecular flexibility index (Phi) is 9.57. The Morgan fingerprint density at radius 2 is 1.72 bits per heavy atom. The number of amides is 2. The van der Waals surface area contributed by atoms with Crippen LogP contribution in [0.2, 0.25) is 0 Å². The summed E-state index contributed by atoms with van der Waals surface area (Å²) >= 11 is 0. The van der Waals surface area contributed by atoms with Crippen molar-refractivity contribution in [3.8, 4) is 11.5 Å². The van der Waals surface area contributed by atoms with E-state index in [2.05, 4.69) is 10.6 Å². The van der Waals surface area contributed by atoms with Crippen molar-refractivity contribution in [3.63, 3.8) is 0 Å². The molecule has 0 aliphatic heterocycles. The molecule has 2 atom stereocenters. The van der Waals surface area contributed by atoms with Crippen LogP contribution in [0.5, 0.6) is 11.5 Å². The minimum atomic E-state index is -0.626. The SMILES string of the molecule is CCCOc1ccc(C(C)NC(=O)C(CC(C)C)NC(=O)c2ccccc2C)cc1OC. The first-order valence-electron chi connectivity index (χ1n) is 11.2. The highest BCUT2D eigenvalue weighted by Crippen LogP contribution is 2.30. The molecule has 2 rings (SSSR count). The Labute approximate surface area is 191 Å². The zero-order valence-electron chi connectivity index (χ0n) is 20.0. The van der Waals surface area contributed by atoms with E-state index in [0.29, 0.717) is 30.1 Å². The molecule has 0 saturated carbocycles. The maximum Gasteiger partial charge on any atom is 0.252 e. The lowest BCUT2D eigenvalue weighted by atomic mass is 10.0. The topological polar surface area (TPSA) is 76.7 Å². The van der Waals surface area contributed by atoms with Crippen LogP contribution in [0.15, 0.2) is 42.5 Å². The van der Waals surface area contributed by atoms with Gasteiger partial charge in [0.15, 0.2) is 11.5 Å². The molecule has 2 aromatic rings. The van der Waals surface area contributed by atoms with E-state index in [-0.39, 0.29) is 23.8 Å². The molecular weight excluding hydrogens is 404 g/mol. The van der Waals surface area contributed by atoms with Crippen LogP contribution in [-0.4, -0.2) is 31.6 Å². The molecule has 6 nitrogen and oxygen atoms in total. The number of rotatable bonds is 11. The van der Waals surface area contributed by atoms with E-state index in [0.717, 1.165) is 17.5 Å². The van der Waals surface area contributed by atoms with Gasteiger partial charge < -0.3 is 20.1 Å². The van der Waals surface area contributed by atoms with Gasteiger partial charge in [-0.2, -0.15) is 0 Å². The Morgan fingerprint density at radius 1 is 1.00 bits per heavy atom. The maximum atomic E-state index is 13.1. The largest absolute Gasteiger partial charge is 0.493 e. The first-order valence-corrected chi connectivity index (χ1v) is 11.2. The second-order valence-electron chi connectivity index (χ2n) is 8.46. The third-order valence-electron chi connectivity index (χ3n) is 5.23. The van der Waals surface area contributed by atoms with Crippen molar-refractivity contribution >= 4 is 11.8 Å². The zero-order chi connectivity index (χ0) is 23.7. The average molecular weight is 441 g/mol. The standard InChI is InChI=1S/C26H36N2O4/c1-7-14-32-23-13-12-20(16-24(23)31-6)19(5)27-26(30)22(15-17(2)3)28-25(29)21-11-9-8-10-18(21)4/h8-13,16-17,19,22H,7,14-15H2,1-6H3,(H,27,30)(H,28,29). The Bertz CT molecular complexity index is 910. The third kappa shape index (κ3) is 7.01. The number of nitrogens with one attached hydrogen (secondary N) is 2. The smallest absolute Gasteiger partial charge is 0.252 e. The second kappa shape index (κ2) is 12.1. The van der Waals surface area contributed by atoms with E-state index >= 15 is 0 Å². The molecule has 2 unspecified atom stereocenters. The molecule has 0 aromatic heterocycles. The number of hydrogen-bond donors (Lipinski definition) is 2. The predicted octanol–water partition coefficient (Wildman–Crippen LogP) is 4.81. The van der Waals surface area contributed by atoms with E-state index in [1.807, 2.05) is 71.0 Å². The minimum Gasteiger partial charge on any atom is -0.493 e. The van der Waals surface area contributed by atoms with Gasteiger partial charge in [-0.05, 0) is 61.9 Å². The first kappa shape index (κ1) is 25.2. The van der Waals surface area contributed by atoms with Gasteiger partial charge in [0.25, 0.3) is 5.91 Å². The monoisotopic (exact) mass is 440 g/mol. The summed E-state index contributed by atoms with van der Waals surface area (Å²) in [5, 5.41) is 5.96. The predicted molar refractivity (Wildman–Crippen MR) is 127 cm³/mol. The summed E-state index contributed by atoms with van der Waals surface area (Å²) in [5.41, 5.74) is 2.35. The molecule has 0 radical (unpaired) electrons. The summed E-state index contributed by atoms with van der Waals surface area (Å²) in [6, 6.07) is 12.1. The molecule has 0 saturated heterocycles. The van der Waals surface area contributed by atoms with Gasteiger partial charge in [-0.25, -0.2) is 0 Å². The van der Waals surface area contributed by atoms with Crippen LogP contribution in [0.3, 0.4) is 0 Å². The quantitative estimate of drug-likeness (QED) is 0.525. The number of hydrogen-bond acceptors (Lipinski definition) is 4. The van der Waals surface area contributed by atoms with E-state index in [9.17, 15) is 9.59 Å². The van der Waals surface area contributed by atoms with Crippen molar-refractivity contribution in [1.82, 2.24) is 10.6 Å². The molecule has 0 fully saturated rings. The minimum absolute atomic E-state index is 0.210. The van der Waals surface area contributed by atoms with E-state index < -0.39 is 6.04 Å². The zero-order valence-corrected chi connectivity index (χ0v) is 20.0. The van der Waals surface area contributed by atoms with Gasteiger partial charge in [-0.15, -0.1) is 0 Å². The third-order valence-corrected chi connectivity index (χ3v) is 5.23. The summed E-state index contributed by atoms with van der Waals surface area (Å²) in [4.78, 5) is 25.9. The van der Waals surface area contributed by atoms with Gasteiger partial charge in [0.1, 0.15) is 6.04 Å². The summed E-state index contributed by atoms with van der Waals surface area (Å²) in [6.45, 7) is 10.5. The van der Waals surface area contributed by atoms with Crippen molar-refractivity contribution in [3.05, 3.63) is 59.2 Å². The molecule has 32 heavy (non-hydrogen) atoms. The van der Waals surface area contributed by atoms with E-state index in [4.69, 9.17) is 9.47 Å². The van der Waals surface area contributed by atoms with E-state index in [1.165, 1.54) is 0 Å². The Morgan fingerprint density at radius 3 is 2.34 bits per heavy atom. The van der Waals surface area contributed by atoms with Gasteiger partial charge in [0.05, 0.1) is 19.8 Å². The lowest BCUT2D eigenvalue weighted by Crippen LogP contribution is -2.48. The van der Waals surface area contributed by atoms with Crippen LogP contribution in [0.4, 0.5) is 0 Å². The normalized spacial score (nSPS) is 12.7. The average Bonchev–Trinajstić information content (AvgIpc) is 2.76. The Hall–Kier alpha value is -3.02. The lowest BCUT2D eigenvalue weighted by molar-refractivity contribution is -0.124. The number of aryl methyl sites for hydroxylation is 1. The second-order valence-corrected chi connectivity index (χ2v) is 8.46. The molecule has 2 aromatic carbocycles. The van der Waals surface area contributed by atoms with Crippen LogP contribution < -0.4 is 20.1 Å². The molecule has 0 heterocycles. The molecular formula is C26H36N2O4. The van der Waals surface area contributed by atoms with Gasteiger partial charge in [-0.1, -0.05) is 45.0 Å². The molecule has 0 bridgehead atoms. The van der Waals surface area contributed by atoms with E-state index in [1.54, 1.807) is 13.2 Å². The number of ether oxygens (including phenoxy) is 2. The summed E-state index contributed by atoms with van der Waals surface area (Å²) in [6.07, 6.45) is 1.45. The van der Waals surface area contributed by atoms with Crippen molar-refractivity contribution in [2.45, 2.75) is 59.5 Å². The summed E-state index contributed by atoms with van der Waals surface area (Å²) in [7, 11) is 1.60. The molecule has 2 amide bonds. The fourth-order valence-electron chi connectivity index (χ4n) is 3.45. The molecule has 174 valence electrons. The van der Waals surface area contributed by atoms with Gasteiger partial charge in [0.2, 0.25) is 5.91 Å². The van der Waals surface area contributed by atoms with Gasteiger partial charge in [-0.3, -0.25) is 9.59 Å². The molecule has 0 spiro atoms. The number of carbonyl (C=O) groups is 2. The number of carbonyl (C=O) groups excluding carboxylic acids is 2. The van der Waals surface area contributed by atoms with Crippen LogP contribution in [-0.2, 0) is 4.79 Å². The molecule has 6 heteroatoms. The van der Waals surface area contributed by atoms with Crippen molar-refractivity contribution in [1.29, 1.82) is 0 Å². The van der Waals surface area contributed by atoms with Crippen LogP contribution >= 0.6 is 0 Å². The molecule has 2 N–H and O–H groups in total. The van der Waals surface area contributed by atoms with Gasteiger partial charge in [0, 0.05) is 5.56 Å². The lowest BCUT2D eigenvalue weighted by Gasteiger charge is -2.23. The summed E-state index contributed by atoms with van der Waals surface area (Å²) < 4.78 is 11.2. The highest BCUT2D eigenvalue weighted by molar-refractivity contribution is 5.98. The number of methoxy groups -OCH3 is 1. The van der Waals surface area contributed by atoms with Crippen molar-refractivity contribution in [2.75, 3.05) is 13.7 Å². The molecule has 0 aliphatic rings. The fraction of sp³-hybridized carbons (Fsp3) is 0.462. The highest BCUT2D eigenvalue weighted by Gasteiger charge is 2.25. The Balaban J connectivity index is 2.13. The van der Waals surface area contributed by atoms with Crippen LogP contribution in [0.25, 0.3) is 0 Å². The highest BCUT2D eigenvalue weighted by atomic mass is 16.5. The van der Waals surface area contributed by atoms with Gasteiger partial charge >= 0.3 is 0 Å². The fourth-order valence-corrected chi connectivity index (χ4v) is 3.45. The maximum absolute atomic E-state index is 13.1. The van der Waals surface area contributed by atoms with Crippen molar-refractivity contribution in [2.24, 2.45) is 5.92 Å². The molecule has 0 aliphatic carbocycles. The van der Waals surface area contributed by atoms with Crippen LogP contribution in [0.1, 0.15) is 68.1 Å².